The Labute approximate surface area is 191 Å². The van der Waals surface area contributed by atoms with E-state index in [1.165, 1.54) is 4.90 Å². The van der Waals surface area contributed by atoms with E-state index in [1.807, 2.05) is 28.8 Å². The van der Waals surface area contributed by atoms with E-state index in [0.717, 1.165) is 30.7 Å². The number of likely N-dealkylation sites (N-methyl/N-ethyl adjacent to an activating group) is 1. The Morgan fingerprint density at radius 2 is 2.00 bits per heavy atom. The van der Waals surface area contributed by atoms with Crippen molar-refractivity contribution in [1.82, 2.24) is 14.5 Å². The van der Waals surface area contributed by atoms with Crippen LogP contribution in [0.15, 0.2) is 42.5 Å². The summed E-state index contributed by atoms with van der Waals surface area (Å²) in [4.78, 5) is 33.7. The fourth-order valence-corrected chi connectivity index (χ4v) is 4.00. The molecule has 0 saturated heterocycles. The number of para-hydroxylation sites is 2. The Bertz CT molecular complexity index is 1140. The summed E-state index contributed by atoms with van der Waals surface area (Å²) in [6.07, 6.45) is 0. The van der Waals surface area contributed by atoms with E-state index in [2.05, 4.69) is 29.0 Å². The monoisotopic (exact) mass is 455 g/mol. The van der Waals surface area contributed by atoms with Gasteiger partial charge >= 0.3 is 0 Å². The van der Waals surface area contributed by atoms with Gasteiger partial charge in [0.25, 0.3) is 5.91 Å². The molecule has 9 heteroatoms. The third-order valence-corrected chi connectivity index (χ3v) is 5.84. The molecule has 0 unspecified atom stereocenters. The van der Waals surface area contributed by atoms with Gasteiger partial charge in [-0.1, -0.05) is 37.6 Å². The Morgan fingerprint density at radius 3 is 2.78 bits per heavy atom. The zero-order valence-electron chi connectivity index (χ0n) is 18.2. The smallest absolute Gasteiger partial charge is 0.265 e. The number of carbonyl (C=O) groups is 2. The van der Waals surface area contributed by atoms with Crippen LogP contribution >= 0.6 is 11.6 Å². The molecule has 2 amide bonds. The predicted octanol–water partition coefficient (Wildman–Crippen LogP) is 3.40. The molecular formula is C23H26ClN5O3. The summed E-state index contributed by atoms with van der Waals surface area (Å²) in [5.74, 6) is 0.346. The maximum atomic E-state index is 13.0. The number of imidazole rings is 1. The second kappa shape index (κ2) is 9.58. The van der Waals surface area contributed by atoms with E-state index in [-0.39, 0.29) is 25.0 Å². The average molecular weight is 456 g/mol. The summed E-state index contributed by atoms with van der Waals surface area (Å²) in [6, 6.07) is 12.8. The van der Waals surface area contributed by atoms with Crippen molar-refractivity contribution in [2.24, 2.45) is 0 Å². The van der Waals surface area contributed by atoms with E-state index in [0.29, 0.717) is 29.0 Å². The van der Waals surface area contributed by atoms with Crippen LogP contribution in [0.4, 0.5) is 11.6 Å². The zero-order chi connectivity index (χ0) is 22.7. The van der Waals surface area contributed by atoms with Gasteiger partial charge in [0, 0.05) is 18.1 Å². The number of benzene rings is 2. The lowest BCUT2D eigenvalue weighted by molar-refractivity contribution is -0.123. The number of nitrogens with zero attached hydrogens (tertiary/aromatic N) is 4. The average Bonchev–Trinajstić information content (AvgIpc) is 3.13. The van der Waals surface area contributed by atoms with Crippen LogP contribution in [-0.4, -0.2) is 59.1 Å². The van der Waals surface area contributed by atoms with Crippen molar-refractivity contribution < 1.29 is 14.3 Å². The van der Waals surface area contributed by atoms with Gasteiger partial charge in [-0.2, -0.15) is 0 Å². The Balaban J connectivity index is 1.56. The lowest BCUT2D eigenvalue weighted by Gasteiger charge is -2.29. The minimum Gasteiger partial charge on any atom is -0.482 e. The van der Waals surface area contributed by atoms with Crippen LogP contribution in [0, 0.1) is 0 Å². The van der Waals surface area contributed by atoms with E-state index in [9.17, 15) is 9.59 Å². The molecule has 1 aliphatic heterocycles. The first-order valence-corrected chi connectivity index (χ1v) is 11.1. The summed E-state index contributed by atoms with van der Waals surface area (Å²) in [7, 11) is 0. The van der Waals surface area contributed by atoms with Crippen LogP contribution in [0.5, 0.6) is 5.75 Å². The van der Waals surface area contributed by atoms with Crippen LogP contribution in [0.1, 0.15) is 13.8 Å². The number of ether oxygens (including phenoxy) is 1. The molecular weight excluding hydrogens is 430 g/mol. The molecule has 8 nitrogen and oxygen atoms in total. The van der Waals surface area contributed by atoms with Gasteiger partial charge in [0.15, 0.2) is 6.61 Å². The molecule has 1 aromatic heterocycles. The van der Waals surface area contributed by atoms with E-state index >= 15 is 0 Å². The summed E-state index contributed by atoms with van der Waals surface area (Å²) in [5, 5.41) is 3.36. The molecule has 32 heavy (non-hydrogen) atoms. The van der Waals surface area contributed by atoms with Gasteiger partial charge in [-0.25, -0.2) is 4.98 Å². The van der Waals surface area contributed by atoms with Crippen molar-refractivity contribution in [3.63, 3.8) is 0 Å². The topological polar surface area (TPSA) is 79.7 Å². The minimum atomic E-state index is -0.342. The molecule has 2 heterocycles. The highest BCUT2D eigenvalue weighted by Crippen LogP contribution is 2.34. The predicted molar refractivity (Wildman–Crippen MR) is 125 cm³/mol. The fourth-order valence-electron chi connectivity index (χ4n) is 3.83. The first-order valence-electron chi connectivity index (χ1n) is 10.7. The third-order valence-electron chi connectivity index (χ3n) is 5.61. The van der Waals surface area contributed by atoms with Crippen LogP contribution in [-0.2, 0) is 16.1 Å². The second-order valence-corrected chi connectivity index (χ2v) is 7.97. The zero-order valence-corrected chi connectivity index (χ0v) is 18.9. The first-order chi connectivity index (χ1) is 15.5. The SMILES string of the molecule is CCN(CC)CCn1c(NC(=O)CN2C(=O)COc3ccc(Cl)cc32)nc2ccccc21. The first kappa shape index (κ1) is 22.1. The second-order valence-electron chi connectivity index (χ2n) is 7.53. The number of carbonyl (C=O) groups excluding carboxylic acids is 2. The number of rotatable bonds is 8. The number of halogens is 1. The van der Waals surface area contributed by atoms with Gasteiger partial charge in [0.05, 0.1) is 16.7 Å². The molecule has 0 saturated carbocycles. The normalized spacial score (nSPS) is 13.4. The van der Waals surface area contributed by atoms with E-state index < -0.39 is 0 Å². The van der Waals surface area contributed by atoms with Gasteiger partial charge in [0.2, 0.25) is 11.9 Å². The van der Waals surface area contributed by atoms with Crippen molar-refractivity contribution in [2.75, 3.05) is 43.0 Å². The molecule has 0 radical (unpaired) electrons. The van der Waals surface area contributed by atoms with Gasteiger partial charge < -0.3 is 14.2 Å². The van der Waals surface area contributed by atoms with Crippen molar-refractivity contribution in [3.8, 4) is 5.75 Å². The molecule has 3 aromatic rings. The van der Waals surface area contributed by atoms with Crippen molar-refractivity contribution in [3.05, 3.63) is 47.5 Å². The number of hydrogen-bond acceptors (Lipinski definition) is 5. The summed E-state index contributed by atoms with van der Waals surface area (Å²) in [5.41, 5.74) is 2.25. The summed E-state index contributed by atoms with van der Waals surface area (Å²) in [6.45, 7) is 7.40. The van der Waals surface area contributed by atoms with Crippen molar-refractivity contribution in [1.29, 1.82) is 0 Å². The molecule has 0 spiro atoms. The Kier molecular flexibility index (Phi) is 6.62. The largest absolute Gasteiger partial charge is 0.482 e. The van der Waals surface area contributed by atoms with Gasteiger partial charge in [-0.3, -0.25) is 19.8 Å². The van der Waals surface area contributed by atoms with Crippen LogP contribution < -0.4 is 15.0 Å². The van der Waals surface area contributed by atoms with Gasteiger partial charge in [0.1, 0.15) is 12.3 Å². The van der Waals surface area contributed by atoms with Crippen LogP contribution in [0.25, 0.3) is 11.0 Å². The highest BCUT2D eigenvalue weighted by molar-refractivity contribution is 6.31. The van der Waals surface area contributed by atoms with Crippen molar-refractivity contribution in [2.45, 2.75) is 20.4 Å². The standard InChI is InChI=1S/C23H26ClN5O3/c1-3-27(4-2)11-12-28-18-8-6-5-7-17(18)25-23(28)26-21(30)14-29-19-13-16(24)9-10-20(19)32-15-22(29)31/h5-10,13H,3-4,11-12,14-15H2,1-2H3,(H,25,26,30). The van der Waals surface area contributed by atoms with Crippen LogP contribution in [0.2, 0.25) is 5.02 Å². The summed E-state index contributed by atoms with van der Waals surface area (Å²) >= 11 is 6.09. The highest BCUT2D eigenvalue weighted by Gasteiger charge is 2.28. The maximum absolute atomic E-state index is 13.0. The molecule has 168 valence electrons. The quantitative estimate of drug-likeness (QED) is 0.563. The fraction of sp³-hybridized carbons (Fsp3) is 0.348. The molecule has 2 aromatic carbocycles. The van der Waals surface area contributed by atoms with E-state index in [1.54, 1.807) is 18.2 Å². The molecule has 0 atom stereocenters. The number of anilines is 2. The number of hydrogen-bond donors (Lipinski definition) is 1. The Hall–Kier alpha value is -3.10. The third kappa shape index (κ3) is 4.56. The molecule has 0 aliphatic carbocycles. The van der Waals surface area contributed by atoms with Crippen LogP contribution in [0.3, 0.4) is 0 Å². The lowest BCUT2D eigenvalue weighted by atomic mass is 10.2. The Morgan fingerprint density at radius 1 is 1.22 bits per heavy atom. The molecule has 4 rings (SSSR count). The number of aromatic nitrogens is 2. The van der Waals surface area contributed by atoms with Crippen molar-refractivity contribution >= 4 is 46.1 Å². The number of amides is 2. The molecule has 1 N–H and O–H groups in total. The van der Waals surface area contributed by atoms with Gasteiger partial charge in [-0.15, -0.1) is 0 Å². The summed E-state index contributed by atoms with van der Waals surface area (Å²) < 4.78 is 7.46. The lowest BCUT2D eigenvalue weighted by Crippen LogP contribution is -2.43. The van der Waals surface area contributed by atoms with E-state index in [4.69, 9.17) is 16.3 Å². The minimum absolute atomic E-state index is 0.121. The maximum Gasteiger partial charge on any atom is 0.265 e. The molecule has 0 fully saturated rings. The van der Waals surface area contributed by atoms with Gasteiger partial charge in [-0.05, 0) is 43.4 Å². The number of fused-ring (bicyclic) bond motifs is 2. The highest BCUT2D eigenvalue weighted by atomic mass is 35.5. The number of nitrogens with one attached hydrogen (secondary N) is 1. The molecule has 0 bridgehead atoms. The molecule has 1 aliphatic rings.